The van der Waals surface area contributed by atoms with E-state index in [-0.39, 0.29) is 6.42 Å². The van der Waals surface area contributed by atoms with Gasteiger partial charge in [0.15, 0.2) is 0 Å². The van der Waals surface area contributed by atoms with Gasteiger partial charge in [0.1, 0.15) is 11.6 Å². The molecule has 0 spiro atoms. The van der Waals surface area contributed by atoms with Crippen LogP contribution in [0.1, 0.15) is 17.2 Å². The maximum absolute atomic E-state index is 13.1. The van der Waals surface area contributed by atoms with Gasteiger partial charge in [-0.25, -0.2) is 4.39 Å². The Morgan fingerprint density at radius 3 is 2.84 bits per heavy atom. The molecule has 19 heavy (non-hydrogen) atoms. The van der Waals surface area contributed by atoms with Crippen LogP contribution in [0.4, 0.5) is 4.39 Å². The Morgan fingerprint density at radius 2 is 2.16 bits per heavy atom. The van der Waals surface area contributed by atoms with Gasteiger partial charge < -0.3 is 9.84 Å². The lowest BCUT2D eigenvalue weighted by Gasteiger charge is -2.14. The van der Waals surface area contributed by atoms with Crippen molar-refractivity contribution in [2.24, 2.45) is 0 Å². The largest absolute Gasteiger partial charge is 0.496 e. The third kappa shape index (κ3) is 3.43. The van der Waals surface area contributed by atoms with E-state index in [0.717, 1.165) is 11.8 Å². The number of rotatable bonds is 4. The molecule has 3 nitrogen and oxygen atoms in total. The maximum Gasteiger partial charge on any atom is 0.141 e. The van der Waals surface area contributed by atoms with Crippen molar-refractivity contribution in [2.75, 3.05) is 7.11 Å². The molecule has 0 amide bonds. The highest BCUT2D eigenvalue weighted by molar-refractivity contribution is 6.30. The number of nitrogens with zero attached hydrogens (tertiary/aromatic N) is 1. The summed E-state index contributed by atoms with van der Waals surface area (Å²) >= 11 is 5.92. The third-order valence-electron chi connectivity index (χ3n) is 2.77. The van der Waals surface area contributed by atoms with E-state index in [1.807, 2.05) is 0 Å². The second kappa shape index (κ2) is 5.99. The Balaban J connectivity index is 2.23. The number of halogens is 2. The molecule has 1 aromatic heterocycles. The van der Waals surface area contributed by atoms with Gasteiger partial charge in [0.05, 0.1) is 19.4 Å². The summed E-state index contributed by atoms with van der Waals surface area (Å²) in [5.41, 5.74) is 1.17. The fourth-order valence-electron chi connectivity index (χ4n) is 1.84. The fraction of sp³-hybridized carbons (Fsp3) is 0.214. The van der Waals surface area contributed by atoms with E-state index in [4.69, 9.17) is 16.3 Å². The highest BCUT2D eigenvalue weighted by atomic mass is 35.5. The molecule has 2 aromatic rings. The van der Waals surface area contributed by atoms with E-state index in [2.05, 4.69) is 4.98 Å². The first-order valence-corrected chi connectivity index (χ1v) is 6.09. The number of hydrogen-bond acceptors (Lipinski definition) is 3. The Hall–Kier alpha value is -1.65. The summed E-state index contributed by atoms with van der Waals surface area (Å²) in [6.07, 6.45) is 1.94. The normalized spacial score (nSPS) is 12.2. The standard InChI is InChI=1S/C14H13ClFNO2/c1-19-14-3-2-11(15)4-9(14)6-13(18)10-5-12(16)8-17-7-10/h2-5,7-8,13,18H,6H2,1H3. The summed E-state index contributed by atoms with van der Waals surface area (Å²) in [5.74, 6) is 0.155. The van der Waals surface area contributed by atoms with E-state index < -0.39 is 11.9 Å². The Bertz CT molecular complexity index is 577. The van der Waals surface area contributed by atoms with Gasteiger partial charge in [-0.15, -0.1) is 0 Å². The molecule has 0 radical (unpaired) electrons. The molecule has 0 bridgehead atoms. The number of aliphatic hydroxyl groups is 1. The molecule has 2 rings (SSSR count). The smallest absolute Gasteiger partial charge is 0.141 e. The van der Waals surface area contributed by atoms with Crippen LogP contribution in [0.2, 0.25) is 5.02 Å². The molecule has 0 saturated carbocycles. The lowest BCUT2D eigenvalue weighted by Crippen LogP contribution is -2.04. The zero-order valence-electron chi connectivity index (χ0n) is 10.3. The van der Waals surface area contributed by atoms with Crippen LogP contribution in [0, 0.1) is 5.82 Å². The molecule has 0 fully saturated rings. The number of methoxy groups -OCH3 is 1. The van der Waals surface area contributed by atoms with Crippen molar-refractivity contribution >= 4 is 11.6 Å². The van der Waals surface area contributed by atoms with Crippen molar-refractivity contribution in [1.82, 2.24) is 4.98 Å². The second-order valence-corrected chi connectivity index (χ2v) is 4.55. The summed E-state index contributed by atoms with van der Waals surface area (Å²) in [6, 6.07) is 6.42. The summed E-state index contributed by atoms with van der Waals surface area (Å²) in [5, 5.41) is 10.7. The number of hydrogen-bond donors (Lipinski definition) is 1. The van der Waals surface area contributed by atoms with Crippen LogP contribution < -0.4 is 4.74 Å². The number of aromatic nitrogens is 1. The van der Waals surface area contributed by atoms with E-state index in [9.17, 15) is 9.50 Å². The van der Waals surface area contributed by atoms with Crippen molar-refractivity contribution < 1.29 is 14.2 Å². The van der Waals surface area contributed by atoms with Crippen molar-refractivity contribution in [2.45, 2.75) is 12.5 Å². The second-order valence-electron chi connectivity index (χ2n) is 4.11. The maximum atomic E-state index is 13.1. The summed E-state index contributed by atoms with van der Waals surface area (Å²) in [4.78, 5) is 3.71. The van der Waals surface area contributed by atoms with Crippen molar-refractivity contribution in [1.29, 1.82) is 0 Å². The van der Waals surface area contributed by atoms with Crippen molar-refractivity contribution in [3.8, 4) is 5.75 Å². The van der Waals surface area contributed by atoms with Gasteiger partial charge >= 0.3 is 0 Å². The fourth-order valence-corrected chi connectivity index (χ4v) is 2.04. The summed E-state index contributed by atoms with van der Waals surface area (Å²) in [6.45, 7) is 0. The number of ether oxygens (including phenoxy) is 1. The van der Waals surface area contributed by atoms with Crippen LogP contribution in [0.25, 0.3) is 0 Å². The molecular formula is C14H13ClFNO2. The first-order valence-electron chi connectivity index (χ1n) is 5.71. The molecule has 100 valence electrons. The zero-order chi connectivity index (χ0) is 13.8. The van der Waals surface area contributed by atoms with E-state index in [0.29, 0.717) is 16.3 Å². The van der Waals surface area contributed by atoms with Gasteiger partial charge in [-0.3, -0.25) is 4.98 Å². The Morgan fingerprint density at radius 1 is 1.37 bits per heavy atom. The monoisotopic (exact) mass is 281 g/mol. The van der Waals surface area contributed by atoms with Gasteiger partial charge in [-0.2, -0.15) is 0 Å². The van der Waals surface area contributed by atoms with Crippen LogP contribution in [-0.2, 0) is 6.42 Å². The minimum atomic E-state index is -0.865. The van der Waals surface area contributed by atoms with Crippen LogP contribution in [0.5, 0.6) is 5.75 Å². The predicted molar refractivity (Wildman–Crippen MR) is 70.9 cm³/mol. The quantitative estimate of drug-likeness (QED) is 0.936. The topological polar surface area (TPSA) is 42.4 Å². The molecule has 1 heterocycles. The molecular weight excluding hydrogens is 269 g/mol. The lowest BCUT2D eigenvalue weighted by atomic mass is 10.0. The third-order valence-corrected chi connectivity index (χ3v) is 3.00. The zero-order valence-corrected chi connectivity index (χ0v) is 11.1. The minimum Gasteiger partial charge on any atom is -0.496 e. The molecule has 1 N–H and O–H groups in total. The number of benzene rings is 1. The average molecular weight is 282 g/mol. The van der Waals surface area contributed by atoms with Crippen molar-refractivity contribution in [3.05, 3.63) is 58.6 Å². The van der Waals surface area contributed by atoms with Crippen molar-refractivity contribution in [3.63, 3.8) is 0 Å². The SMILES string of the molecule is COc1ccc(Cl)cc1CC(O)c1cncc(F)c1. The Labute approximate surface area is 115 Å². The summed E-state index contributed by atoms with van der Waals surface area (Å²) in [7, 11) is 1.54. The number of pyridine rings is 1. The van der Waals surface area contributed by atoms with Gasteiger partial charge in [-0.05, 0) is 29.8 Å². The van der Waals surface area contributed by atoms with Crippen LogP contribution >= 0.6 is 11.6 Å². The van der Waals surface area contributed by atoms with Gasteiger partial charge in [-0.1, -0.05) is 11.6 Å². The molecule has 1 atom stereocenters. The molecule has 0 aliphatic rings. The number of aliphatic hydroxyl groups excluding tert-OH is 1. The van der Waals surface area contributed by atoms with Crippen LogP contribution in [0.3, 0.4) is 0 Å². The molecule has 1 aromatic carbocycles. The molecule has 0 aliphatic heterocycles. The van der Waals surface area contributed by atoms with E-state index >= 15 is 0 Å². The molecule has 1 unspecified atom stereocenters. The molecule has 5 heteroatoms. The minimum absolute atomic E-state index is 0.273. The lowest BCUT2D eigenvalue weighted by molar-refractivity contribution is 0.176. The van der Waals surface area contributed by atoms with Gasteiger partial charge in [0, 0.05) is 23.2 Å². The van der Waals surface area contributed by atoms with E-state index in [1.54, 1.807) is 25.3 Å². The predicted octanol–water partition coefficient (Wildman–Crippen LogP) is 3.16. The molecule has 0 aliphatic carbocycles. The van der Waals surface area contributed by atoms with Gasteiger partial charge in [0.2, 0.25) is 0 Å². The van der Waals surface area contributed by atoms with E-state index in [1.165, 1.54) is 12.3 Å². The first kappa shape index (κ1) is 13.8. The van der Waals surface area contributed by atoms with Crippen LogP contribution in [-0.4, -0.2) is 17.2 Å². The van der Waals surface area contributed by atoms with Crippen LogP contribution in [0.15, 0.2) is 36.7 Å². The highest BCUT2D eigenvalue weighted by Crippen LogP contribution is 2.27. The first-order chi connectivity index (χ1) is 9.10. The summed E-state index contributed by atoms with van der Waals surface area (Å²) < 4.78 is 18.3. The Kier molecular flexibility index (Phi) is 4.35. The molecule has 0 saturated heterocycles. The van der Waals surface area contributed by atoms with Gasteiger partial charge in [0.25, 0.3) is 0 Å². The average Bonchev–Trinajstić information content (AvgIpc) is 2.39. The highest BCUT2D eigenvalue weighted by Gasteiger charge is 2.13.